The molecule has 0 spiro atoms. The average molecular weight is 349 g/mol. The quantitative estimate of drug-likeness (QED) is 0.851. The topological polar surface area (TPSA) is 67.6 Å². The van der Waals surface area contributed by atoms with E-state index in [9.17, 15) is 13.2 Å². The molecule has 130 valence electrons. The lowest BCUT2D eigenvalue weighted by atomic mass is 10.1. The van der Waals surface area contributed by atoms with E-state index in [1.165, 1.54) is 6.26 Å². The summed E-state index contributed by atoms with van der Waals surface area (Å²) in [5.74, 6) is 0.499. The first kappa shape index (κ1) is 17.0. The van der Waals surface area contributed by atoms with Gasteiger partial charge in [0.15, 0.2) is 9.84 Å². The number of hydrogen-bond donors (Lipinski definition) is 0. The van der Waals surface area contributed by atoms with Gasteiger partial charge in [0, 0.05) is 31.2 Å². The fraction of sp³-hybridized carbons (Fsp3) is 0.500. The second-order valence-electron chi connectivity index (χ2n) is 6.53. The molecule has 24 heavy (non-hydrogen) atoms. The van der Waals surface area contributed by atoms with Crippen LogP contribution in [0.15, 0.2) is 28.7 Å². The van der Waals surface area contributed by atoms with Crippen LogP contribution in [-0.4, -0.2) is 43.8 Å². The lowest BCUT2D eigenvalue weighted by Gasteiger charge is -2.29. The molecule has 3 rings (SSSR count). The molecule has 0 radical (unpaired) electrons. The Kier molecular flexibility index (Phi) is 4.42. The van der Waals surface area contributed by atoms with Crippen molar-refractivity contribution in [2.24, 2.45) is 0 Å². The SMILES string of the molecule is CCc1oc2ccccc2c1C(=O)N(C)C1CCCC1S(C)(=O)=O. The number of para-hydroxylation sites is 1. The van der Waals surface area contributed by atoms with Crippen molar-refractivity contribution in [1.82, 2.24) is 4.90 Å². The van der Waals surface area contributed by atoms with E-state index in [0.717, 1.165) is 18.2 Å². The first-order valence-electron chi connectivity index (χ1n) is 8.31. The van der Waals surface area contributed by atoms with Gasteiger partial charge in [0.05, 0.1) is 10.8 Å². The average Bonchev–Trinajstić information content (AvgIpc) is 3.17. The molecule has 6 heteroatoms. The third-order valence-corrected chi connectivity index (χ3v) is 6.64. The van der Waals surface area contributed by atoms with Crippen LogP contribution in [0.3, 0.4) is 0 Å². The summed E-state index contributed by atoms with van der Waals surface area (Å²) in [4.78, 5) is 14.7. The first-order chi connectivity index (χ1) is 11.3. The molecule has 1 amide bonds. The van der Waals surface area contributed by atoms with Crippen LogP contribution in [0.5, 0.6) is 0 Å². The zero-order valence-electron chi connectivity index (χ0n) is 14.3. The number of fused-ring (bicyclic) bond motifs is 1. The number of furan rings is 1. The molecule has 2 aromatic rings. The maximum atomic E-state index is 13.1. The normalized spacial score (nSPS) is 21.3. The van der Waals surface area contributed by atoms with Gasteiger partial charge in [0.1, 0.15) is 11.3 Å². The molecule has 1 heterocycles. The maximum Gasteiger partial charge on any atom is 0.258 e. The second-order valence-corrected chi connectivity index (χ2v) is 8.80. The summed E-state index contributed by atoms with van der Waals surface area (Å²) >= 11 is 0. The molecule has 0 saturated heterocycles. The van der Waals surface area contributed by atoms with Crippen LogP contribution in [0.4, 0.5) is 0 Å². The Morgan fingerprint density at radius 1 is 1.29 bits per heavy atom. The Labute approximate surface area is 142 Å². The minimum Gasteiger partial charge on any atom is -0.460 e. The van der Waals surface area contributed by atoms with E-state index in [0.29, 0.717) is 29.7 Å². The summed E-state index contributed by atoms with van der Waals surface area (Å²) in [6.45, 7) is 1.95. The second kappa shape index (κ2) is 6.24. The highest BCUT2D eigenvalue weighted by Crippen LogP contribution is 2.32. The van der Waals surface area contributed by atoms with Crippen molar-refractivity contribution in [3.05, 3.63) is 35.6 Å². The highest BCUT2D eigenvalue weighted by molar-refractivity contribution is 7.91. The van der Waals surface area contributed by atoms with Crippen LogP contribution < -0.4 is 0 Å². The van der Waals surface area contributed by atoms with Crippen LogP contribution >= 0.6 is 0 Å². The number of carbonyl (C=O) groups is 1. The molecule has 5 nitrogen and oxygen atoms in total. The molecule has 2 unspecified atom stereocenters. The number of rotatable bonds is 4. The van der Waals surface area contributed by atoms with E-state index >= 15 is 0 Å². The predicted octanol–water partition coefficient (Wildman–Crippen LogP) is 3.03. The first-order valence-corrected chi connectivity index (χ1v) is 10.3. The lowest BCUT2D eigenvalue weighted by Crippen LogP contribution is -2.44. The number of nitrogens with zero attached hydrogens (tertiary/aromatic N) is 1. The molecule has 1 aliphatic carbocycles. The number of carbonyl (C=O) groups excluding carboxylic acids is 1. The van der Waals surface area contributed by atoms with Crippen LogP contribution in [0.25, 0.3) is 11.0 Å². The fourth-order valence-electron chi connectivity index (χ4n) is 3.76. The van der Waals surface area contributed by atoms with E-state index in [-0.39, 0.29) is 11.9 Å². The van der Waals surface area contributed by atoms with Crippen molar-refractivity contribution in [3.63, 3.8) is 0 Å². The molecular weight excluding hydrogens is 326 g/mol. The minimum absolute atomic E-state index is 0.155. The molecular formula is C18H23NO4S. The summed E-state index contributed by atoms with van der Waals surface area (Å²) < 4.78 is 29.9. The van der Waals surface area contributed by atoms with Gasteiger partial charge in [-0.2, -0.15) is 0 Å². The number of amides is 1. The van der Waals surface area contributed by atoms with Crippen molar-refractivity contribution in [3.8, 4) is 0 Å². The molecule has 1 aromatic carbocycles. The Balaban J connectivity index is 2.00. The molecule has 0 aliphatic heterocycles. The molecule has 0 bridgehead atoms. The predicted molar refractivity (Wildman–Crippen MR) is 94.0 cm³/mol. The number of sulfone groups is 1. The third-order valence-electron chi connectivity index (χ3n) is 4.99. The summed E-state index contributed by atoms with van der Waals surface area (Å²) in [7, 11) is -1.47. The molecule has 2 atom stereocenters. The highest BCUT2D eigenvalue weighted by atomic mass is 32.2. The van der Waals surface area contributed by atoms with Crippen LogP contribution in [-0.2, 0) is 16.3 Å². The van der Waals surface area contributed by atoms with Gasteiger partial charge >= 0.3 is 0 Å². The van der Waals surface area contributed by atoms with Gasteiger partial charge in [0.2, 0.25) is 0 Å². The Hall–Kier alpha value is -1.82. The van der Waals surface area contributed by atoms with E-state index in [2.05, 4.69) is 0 Å². The molecule has 1 fully saturated rings. The van der Waals surface area contributed by atoms with Gasteiger partial charge in [-0.1, -0.05) is 25.1 Å². The van der Waals surface area contributed by atoms with E-state index in [1.54, 1.807) is 11.9 Å². The zero-order chi connectivity index (χ0) is 17.5. The minimum atomic E-state index is -3.17. The number of hydrogen-bond acceptors (Lipinski definition) is 4. The van der Waals surface area contributed by atoms with Gasteiger partial charge in [-0.3, -0.25) is 4.79 Å². The lowest BCUT2D eigenvalue weighted by molar-refractivity contribution is 0.0737. The summed E-state index contributed by atoms with van der Waals surface area (Å²) in [6, 6.07) is 7.20. The Morgan fingerprint density at radius 3 is 2.67 bits per heavy atom. The van der Waals surface area contributed by atoms with Crippen LogP contribution in [0.2, 0.25) is 0 Å². The van der Waals surface area contributed by atoms with Crippen molar-refractivity contribution in [2.75, 3.05) is 13.3 Å². The van der Waals surface area contributed by atoms with Crippen molar-refractivity contribution in [2.45, 2.75) is 43.9 Å². The maximum absolute atomic E-state index is 13.1. The van der Waals surface area contributed by atoms with E-state index in [4.69, 9.17) is 4.42 Å². The molecule has 0 N–H and O–H groups in total. The Bertz CT molecular complexity index is 868. The Morgan fingerprint density at radius 2 is 2.00 bits per heavy atom. The standard InChI is InChI=1S/C18H23NO4S/c1-4-14-17(12-8-5-6-10-15(12)23-14)18(20)19(2)13-9-7-11-16(13)24(3,21)22/h5-6,8,10,13,16H,4,7,9,11H2,1-3H3. The number of benzene rings is 1. The van der Waals surface area contributed by atoms with Crippen LogP contribution in [0.1, 0.15) is 42.3 Å². The van der Waals surface area contributed by atoms with E-state index in [1.807, 2.05) is 31.2 Å². The zero-order valence-corrected chi connectivity index (χ0v) is 15.1. The van der Waals surface area contributed by atoms with Gasteiger partial charge < -0.3 is 9.32 Å². The molecule has 1 aromatic heterocycles. The van der Waals surface area contributed by atoms with Crippen molar-refractivity contribution >= 4 is 26.7 Å². The monoisotopic (exact) mass is 349 g/mol. The summed E-state index contributed by atoms with van der Waals surface area (Å²) in [5, 5.41) is 0.315. The van der Waals surface area contributed by atoms with Crippen LogP contribution in [0, 0.1) is 0 Å². The summed E-state index contributed by atoms with van der Waals surface area (Å²) in [5.41, 5.74) is 1.26. The van der Waals surface area contributed by atoms with E-state index < -0.39 is 15.1 Å². The molecule has 1 saturated carbocycles. The molecule has 1 aliphatic rings. The summed E-state index contributed by atoms with van der Waals surface area (Å²) in [6.07, 6.45) is 4.04. The largest absolute Gasteiger partial charge is 0.460 e. The van der Waals surface area contributed by atoms with Gasteiger partial charge in [-0.15, -0.1) is 0 Å². The van der Waals surface area contributed by atoms with Crippen molar-refractivity contribution in [1.29, 1.82) is 0 Å². The van der Waals surface area contributed by atoms with Gasteiger partial charge in [0.25, 0.3) is 5.91 Å². The highest BCUT2D eigenvalue weighted by Gasteiger charge is 2.39. The van der Waals surface area contributed by atoms with Gasteiger partial charge in [-0.05, 0) is 25.3 Å². The third kappa shape index (κ3) is 2.83. The van der Waals surface area contributed by atoms with Crippen molar-refractivity contribution < 1.29 is 17.6 Å². The fourth-order valence-corrected chi connectivity index (χ4v) is 5.24. The number of aryl methyl sites for hydroxylation is 1. The smallest absolute Gasteiger partial charge is 0.258 e. The van der Waals surface area contributed by atoms with Gasteiger partial charge in [-0.25, -0.2) is 8.42 Å².